The number of hydrogen-bond acceptors (Lipinski definition) is 2. The topological polar surface area (TPSA) is 29.4 Å². The molecule has 0 unspecified atom stereocenters. The Morgan fingerprint density at radius 3 is 2.18 bits per heavy atom. The van der Waals surface area contributed by atoms with Crippen LogP contribution < -0.4 is 0 Å². The Balaban J connectivity index is 2.98. The molecule has 11 heavy (non-hydrogen) atoms. The number of hydrogen-bond donors (Lipinski definition) is 0. The van der Waals surface area contributed by atoms with E-state index in [0.29, 0.717) is 10.0 Å². The van der Waals surface area contributed by atoms with Crippen LogP contribution in [0.4, 0.5) is 0 Å². The zero-order chi connectivity index (χ0) is 8.27. The summed E-state index contributed by atoms with van der Waals surface area (Å²) in [4.78, 5) is 9.86. The predicted molar refractivity (Wildman–Crippen MR) is 46.0 cm³/mol. The van der Waals surface area contributed by atoms with Gasteiger partial charge in [-0.25, -0.2) is 0 Å². The molecule has 0 amide bonds. The zero-order valence-corrected chi connectivity index (χ0v) is 7.06. The minimum atomic E-state index is 0.111. The van der Waals surface area contributed by atoms with Crippen LogP contribution in [0.1, 0.15) is 5.56 Å². The fraction of sp³-hybridized carbons (Fsp3) is 0.143. The van der Waals surface area contributed by atoms with Gasteiger partial charge in [0.05, 0.1) is 0 Å². The molecule has 1 rings (SSSR count). The van der Waals surface area contributed by atoms with Gasteiger partial charge in [-0.1, -0.05) is 28.4 Å². The lowest BCUT2D eigenvalue weighted by molar-refractivity contribution is 1.06. The van der Waals surface area contributed by atoms with Crippen molar-refractivity contribution >= 4 is 23.2 Å². The quantitative estimate of drug-likeness (QED) is 0.658. The highest BCUT2D eigenvalue weighted by atomic mass is 35.5. The van der Waals surface area contributed by atoms with Crippen LogP contribution in [0, 0.1) is 4.91 Å². The molecule has 0 N–H and O–H groups in total. The average Bonchev–Trinajstić information content (AvgIpc) is 1.85. The van der Waals surface area contributed by atoms with Crippen molar-refractivity contribution in [1.29, 1.82) is 0 Å². The number of nitrogens with zero attached hydrogens (tertiary/aromatic N) is 1. The lowest BCUT2D eigenvalue weighted by Gasteiger charge is -1.96. The molecule has 4 heteroatoms. The molecular weight excluding hydrogens is 185 g/mol. The Bertz CT molecular complexity index is 255. The van der Waals surface area contributed by atoms with Gasteiger partial charge in [0.1, 0.15) is 6.54 Å². The van der Waals surface area contributed by atoms with Crippen molar-refractivity contribution < 1.29 is 0 Å². The maximum absolute atomic E-state index is 9.86. The third-order valence-electron chi connectivity index (χ3n) is 1.17. The molecule has 0 bridgehead atoms. The van der Waals surface area contributed by atoms with Crippen LogP contribution in [-0.4, -0.2) is 0 Å². The van der Waals surface area contributed by atoms with Gasteiger partial charge in [-0.05, 0) is 23.8 Å². The number of nitroso groups, excluding NO2 is 1. The standard InChI is InChI=1S/C7H5Cl2NO/c8-6-1-5(4-10-11)2-7(9)3-6/h1-3H,4H2. The second-order valence-electron chi connectivity index (χ2n) is 2.06. The van der Waals surface area contributed by atoms with Crippen molar-refractivity contribution in [3.05, 3.63) is 38.7 Å². The van der Waals surface area contributed by atoms with Gasteiger partial charge in [-0.2, -0.15) is 4.91 Å². The van der Waals surface area contributed by atoms with Crippen LogP contribution >= 0.6 is 23.2 Å². The average molecular weight is 190 g/mol. The molecule has 0 aromatic heterocycles. The van der Waals surface area contributed by atoms with E-state index in [4.69, 9.17) is 23.2 Å². The fourth-order valence-corrected chi connectivity index (χ4v) is 1.35. The van der Waals surface area contributed by atoms with Gasteiger partial charge in [0.25, 0.3) is 0 Å². The molecule has 0 atom stereocenters. The van der Waals surface area contributed by atoms with E-state index in [2.05, 4.69) is 5.18 Å². The number of rotatable bonds is 2. The summed E-state index contributed by atoms with van der Waals surface area (Å²) < 4.78 is 0. The Morgan fingerprint density at radius 1 is 1.18 bits per heavy atom. The summed E-state index contributed by atoms with van der Waals surface area (Å²) in [5, 5.41) is 3.77. The SMILES string of the molecule is O=NCc1cc(Cl)cc(Cl)c1. The van der Waals surface area contributed by atoms with Gasteiger partial charge < -0.3 is 0 Å². The van der Waals surface area contributed by atoms with Crippen molar-refractivity contribution in [2.75, 3.05) is 0 Å². The summed E-state index contributed by atoms with van der Waals surface area (Å²) in [5.74, 6) is 0. The van der Waals surface area contributed by atoms with E-state index in [0.717, 1.165) is 5.56 Å². The number of benzene rings is 1. The van der Waals surface area contributed by atoms with Crippen LogP contribution in [-0.2, 0) is 6.54 Å². The first-order chi connectivity index (χ1) is 5.22. The summed E-state index contributed by atoms with van der Waals surface area (Å²) in [6.45, 7) is 0.111. The molecule has 2 nitrogen and oxygen atoms in total. The second-order valence-corrected chi connectivity index (χ2v) is 2.94. The molecule has 0 fully saturated rings. The Labute approximate surface area is 74.1 Å². The van der Waals surface area contributed by atoms with E-state index < -0.39 is 0 Å². The monoisotopic (exact) mass is 189 g/mol. The van der Waals surface area contributed by atoms with Crippen LogP contribution in [0.25, 0.3) is 0 Å². The molecule has 0 aliphatic heterocycles. The van der Waals surface area contributed by atoms with Gasteiger partial charge >= 0.3 is 0 Å². The van der Waals surface area contributed by atoms with Crippen molar-refractivity contribution in [3.63, 3.8) is 0 Å². The summed E-state index contributed by atoms with van der Waals surface area (Å²) >= 11 is 11.3. The third kappa shape index (κ3) is 2.48. The molecule has 0 saturated heterocycles. The molecule has 58 valence electrons. The molecule has 1 aromatic carbocycles. The minimum absolute atomic E-state index is 0.111. The van der Waals surface area contributed by atoms with Crippen molar-refractivity contribution in [2.45, 2.75) is 6.54 Å². The van der Waals surface area contributed by atoms with E-state index in [9.17, 15) is 4.91 Å². The summed E-state index contributed by atoms with van der Waals surface area (Å²) in [5.41, 5.74) is 0.734. The maximum atomic E-state index is 9.86. The van der Waals surface area contributed by atoms with Crippen LogP contribution in [0.2, 0.25) is 10.0 Å². The van der Waals surface area contributed by atoms with Gasteiger partial charge in [-0.15, -0.1) is 0 Å². The molecule has 0 heterocycles. The van der Waals surface area contributed by atoms with Crippen LogP contribution in [0.15, 0.2) is 23.4 Å². The Kier molecular flexibility index (Phi) is 2.85. The molecule has 0 aliphatic rings. The van der Waals surface area contributed by atoms with E-state index >= 15 is 0 Å². The van der Waals surface area contributed by atoms with E-state index in [1.54, 1.807) is 18.2 Å². The molecule has 1 aromatic rings. The highest BCUT2D eigenvalue weighted by Crippen LogP contribution is 2.19. The maximum Gasteiger partial charge on any atom is 0.106 e. The zero-order valence-electron chi connectivity index (χ0n) is 5.55. The highest BCUT2D eigenvalue weighted by molar-refractivity contribution is 6.34. The van der Waals surface area contributed by atoms with Crippen molar-refractivity contribution in [1.82, 2.24) is 0 Å². The fourth-order valence-electron chi connectivity index (χ4n) is 0.777. The largest absolute Gasteiger partial charge is 0.150 e. The van der Waals surface area contributed by atoms with E-state index in [1.165, 1.54) is 0 Å². The summed E-state index contributed by atoms with van der Waals surface area (Å²) in [6, 6.07) is 4.93. The summed E-state index contributed by atoms with van der Waals surface area (Å²) in [6.07, 6.45) is 0. The second kappa shape index (κ2) is 3.69. The molecule has 0 aliphatic carbocycles. The normalized spacial score (nSPS) is 9.64. The van der Waals surface area contributed by atoms with E-state index in [-0.39, 0.29) is 6.54 Å². The van der Waals surface area contributed by atoms with Gasteiger partial charge in [0.2, 0.25) is 0 Å². The van der Waals surface area contributed by atoms with Gasteiger partial charge in [0.15, 0.2) is 0 Å². The molecule has 0 spiro atoms. The van der Waals surface area contributed by atoms with Gasteiger partial charge in [0, 0.05) is 10.0 Å². The molecule has 0 saturated carbocycles. The first-order valence-corrected chi connectivity index (χ1v) is 3.72. The van der Waals surface area contributed by atoms with Gasteiger partial charge in [-0.3, -0.25) is 0 Å². The minimum Gasteiger partial charge on any atom is -0.150 e. The smallest absolute Gasteiger partial charge is 0.106 e. The lowest BCUT2D eigenvalue weighted by Crippen LogP contribution is -1.79. The van der Waals surface area contributed by atoms with Crippen molar-refractivity contribution in [2.24, 2.45) is 5.18 Å². The van der Waals surface area contributed by atoms with E-state index in [1.807, 2.05) is 0 Å². The van der Waals surface area contributed by atoms with Crippen molar-refractivity contribution in [3.8, 4) is 0 Å². The molecular formula is C7H5Cl2NO. The first kappa shape index (κ1) is 8.50. The van der Waals surface area contributed by atoms with Crippen LogP contribution in [0.5, 0.6) is 0 Å². The summed E-state index contributed by atoms with van der Waals surface area (Å²) in [7, 11) is 0. The predicted octanol–water partition coefficient (Wildman–Crippen LogP) is 3.26. The van der Waals surface area contributed by atoms with Crippen LogP contribution in [0.3, 0.4) is 0 Å². The molecule has 0 radical (unpaired) electrons. The lowest BCUT2D eigenvalue weighted by atomic mass is 10.2. The Hall–Kier alpha value is -0.600. The Morgan fingerprint density at radius 2 is 1.73 bits per heavy atom. The third-order valence-corrected chi connectivity index (χ3v) is 1.61. The number of halogens is 2. The first-order valence-electron chi connectivity index (χ1n) is 2.96. The highest BCUT2D eigenvalue weighted by Gasteiger charge is 1.96.